The first kappa shape index (κ1) is 19.4. The molecule has 1 atom stereocenters. The topological polar surface area (TPSA) is 123 Å². The van der Waals surface area contributed by atoms with Crippen molar-refractivity contribution in [2.75, 3.05) is 18.6 Å². The fourth-order valence-electron chi connectivity index (χ4n) is 3.29. The molecule has 0 spiro atoms. The molecular weight excluding hydrogens is 374 g/mol. The van der Waals surface area contributed by atoms with Crippen LogP contribution in [0, 0.1) is 6.92 Å². The van der Waals surface area contributed by atoms with Gasteiger partial charge in [-0.15, -0.1) is 0 Å². The molecule has 0 bridgehead atoms. The van der Waals surface area contributed by atoms with Crippen LogP contribution in [0.5, 0.6) is 5.75 Å². The highest BCUT2D eigenvalue weighted by Crippen LogP contribution is 2.30. The van der Waals surface area contributed by atoms with Crippen LogP contribution in [-0.2, 0) is 32.3 Å². The van der Waals surface area contributed by atoms with E-state index < -0.39 is 21.4 Å². The summed E-state index contributed by atoms with van der Waals surface area (Å²) >= 11 is 0. The van der Waals surface area contributed by atoms with Gasteiger partial charge in [0.25, 0.3) is 0 Å². The molecule has 0 saturated carbocycles. The van der Waals surface area contributed by atoms with E-state index in [2.05, 4.69) is 10.1 Å². The summed E-state index contributed by atoms with van der Waals surface area (Å²) in [6.07, 6.45) is 0.301. The number of phenolic OH excluding ortho intramolecular Hbond substituents is 1. The molecule has 1 aromatic carbocycles. The Morgan fingerprint density at radius 1 is 1.37 bits per heavy atom. The fourth-order valence-corrected chi connectivity index (χ4v) is 5.00. The smallest absolute Gasteiger partial charge is 0.340 e. The lowest BCUT2D eigenvalue weighted by Gasteiger charge is -2.14. The Morgan fingerprint density at radius 3 is 2.74 bits per heavy atom. The number of ether oxygens (including phenoxy) is 1. The maximum Gasteiger partial charge on any atom is 0.340 e. The summed E-state index contributed by atoms with van der Waals surface area (Å²) in [6.45, 7) is 1.86. The Bertz CT molecular complexity index is 1060. The summed E-state index contributed by atoms with van der Waals surface area (Å²) in [5.74, 6) is -0.422. The van der Waals surface area contributed by atoms with Gasteiger partial charge in [0.2, 0.25) is 0 Å². The Hall–Kier alpha value is -2.39. The third-order valence-electron chi connectivity index (χ3n) is 4.88. The molecule has 27 heavy (non-hydrogen) atoms. The van der Waals surface area contributed by atoms with Gasteiger partial charge in [-0.1, -0.05) is 0 Å². The molecule has 0 aliphatic carbocycles. The van der Waals surface area contributed by atoms with Crippen molar-refractivity contribution in [2.45, 2.75) is 32.4 Å². The van der Waals surface area contributed by atoms with Crippen molar-refractivity contribution in [3.63, 3.8) is 0 Å². The molecule has 9 heteroatoms. The van der Waals surface area contributed by atoms with Crippen molar-refractivity contribution < 1.29 is 27.5 Å². The maximum atomic E-state index is 12.4. The van der Waals surface area contributed by atoms with Crippen molar-refractivity contribution in [3.8, 4) is 5.75 Å². The van der Waals surface area contributed by atoms with Crippen molar-refractivity contribution >= 4 is 26.8 Å². The second-order valence-electron chi connectivity index (χ2n) is 6.67. The Kier molecular flexibility index (Phi) is 5.25. The normalized spacial score (nSPS) is 18.7. The standard InChI is InChI=1S/C18H21NO7S/c1-10-12-3-4-15(20)14(8-19-11-5-6-27(23,24)9-11)17(12)26-18(22)13(10)7-16(21)25-2/h3-4,11,19-20H,5-9H2,1-2H3/t11-/m1/s1. The zero-order valence-electron chi connectivity index (χ0n) is 15.1. The number of carbonyl (C=O) groups is 1. The van der Waals surface area contributed by atoms with Gasteiger partial charge in [0.05, 0.1) is 36.2 Å². The molecule has 0 unspecified atom stereocenters. The van der Waals surface area contributed by atoms with Crippen LogP contribution in [0.25, 0.3) is 11.0 Å². The molecular formula is C18H21NO7S. The van der Waals surface area contributed by atoms with Gasteiger partial charge in [0.15, 0.2) is 9.84 Å². The van der Waals surface area contributed by atoms with Crippen LogP contribution in [0.15, 0.2) is 21.3 Å². The summed E-state index contributed by atoms with van der Waals surface area (Å²) < 4.78 is 33.2. The molecule has 0 radical (unpaired) electrons. The fraction of sp³-hybridized carbons (Fsp3) is 0.444. The second kappa shape index (κ2) is 7.32. The van der Waals surface area contributed by atoms with Crippen LogP contribution < -0.4 is 10.9 Å². The number of fused-ring (bicyclic) bond motifs is 1. The predicted octanol–water partition coefficient (Wildman–Crippen LogP) is 0.799. The van der Waals surface area contributed by atoms with Crippen LogP contribution in [-0.4, -0.2) is 44.2 Å². The van der Waals surface area contributed by atoms with E-state index in [1.807, 2.05) is 0 Å². The van der Waals surface area contributed by atoms with Gasteiger partial charge < -0.3 is 19.6 Å². The number of aromatic hydroxyl groups is 1. The molecule has 2 N–H and O–H groups in total. The van der Waals surface area contributed by atoms with Crippen molar-refractivity contribution in [2.24, 2.45) is 0 Å². The van der Waals surface area contributed by atoms with E-state index in [-0.39, 0.29) is 47.4 Å². The number of carbonyl (C=O) groups excluding carboxylic acids is 1. The SMILES string of the molecule is COC(=O)Cc1c(C)c2ccc(O)c(CN[C@@H]3CCS(=O)(=O)C3)c2oc1=O. The number of methoxy groups -OCH3 is 1. The lowest BCUT2D eigenvalue weighted by atomic mass is 10.0. The molecule has 146 valence electrons. The van der Waals surface area contributed by atoms with E-state index in [9.17, 15) is 23.1 Å². The molecule has 3 rings (SSSR count). The van der Waals surface area contributed by atoms with Gasteiger partial charge in [0, 0.05) is 18.0 Å². The van der Waals surface area contributed by atoms with E-state index >= 15 is 0 Å². The zero-order chi connectivity index (χ0) is 19.8. The van der Waals surface area contributed by atoms with Gasteiger partial charge in [-0.05, 0) is 31.0 Å². The number of hydrogen-bond donors (Lipinski definition) is 2. The molecule has 1 aromatic heterocycles. The van der Waals surface area contributed by atoms with Gasteiger partial charge in [0.1, 0.15) is 11.3 Å². The number of aryl methyl sites for hydroxylation is 1. The third kappa shape index (κ3) is 3.98. The van der Waals surface area contributed by atoms with E-state index in [4.69, 9.17) is 4.42 Å². The first-order valence-electron chi connectivity index (χ1n) is 8.49. The largest absolute Gasteiger partial charge is 0.507 e. The van der Waals surface area contributed by atoms with Crippen LogP contribution in [0.4, 0.5) is 0 Å². The Labute approximate surface area is 156 Å². The Balaban J connectivity index is 1.97. The van der Waals surface area contributed by atoms with Crippen LogP contribution in [0.3, 0.4) is 0 Å². The summed E-state index contributed by atoms with van der Waals surface area (Å²) in [5.41, 5.74) is 0.721. The summed E-state index contributed by atoms with van der Waals surface area (Å²) in [5, 5.41) is 13.9. The van der Waals surface area contributed by atoms with Crippen LogP contribution in [0.2, 0.25) is 0 Å². The van der Waals surface area contributed by atoms with Crippen molar-refractivity contribution in [1.82, 2.24) is 5.32 Å². The highest BCUT2D eigenvalue weighted by atomic mass is 32.2. The molecule has 1 aliphatic rings. The minimum Gasteiger partial charge on any atom is -0.507 e. The van der Waals surface area contributed by atoms with Crippen molar-refractivity contribution in [3.05, 3.63) is 39.2 Å². The molecule has 1 saturated heterocycles. The molecule has 2 heterocycles. The summed E-state index contributed by atoms with van der Waals surface area (Å²) in [7, 11) is -1.79. The second-order valence-corrected chi connectivity index (χ2v) is 8.90. The lowest BCUT2D eigenvalue weighted by molar-refractivity contribution is -0.139. The maximum absolute atomic E-state index is 12.4. The highest BCUT2D eigenvalue weighted by molar-refractivity contribution is 7.91. The monoisotopic (exact) mass is 395 g/mol. The Morgan fingerprint density at radius 2 is 2.11 bits per heavy atom. The van der Waals surface area contributed by atoms with Gasteiger partial charge in [-0.3, -0.25) is 4.79 Å². The number of rotatable bonds is 5. The van der Waals surface area contributed by atoms with Crippen LogP contribution in [0.1, 0.15) is 23.1 Å². The molecule has 1 fully saturated rings. The number of esters is 1. The number of hydrogen-bond acceptors (Lipinski definition) is 8. The van der Waals surface area contributed by atoms with E-state index in [0.29, 0.717) is 22.9 Å². The van der Waals surface area contributed by atoms with E-state index in [1.165, 1.54) is 13.2 Å². The van der Waals surface area contributed by atoms with E-state index in [1.54, 1.807) is 13.0 Å². The summed E-state index contributed by atoms with van der Waals surface area (Å²) in [6, 6.07) is 2.89. The summed E-state index contributed by atoms with van der Waals surface area (Å²) in [4.78, 5) is 23.9. The average Bonchev–Trinajstić information content (AvgIpc) is 2.96. The van der Waals surface area contributed by atoms with E-state index in [0.717, 1.165) is 0 Å². The first-order chi connectivity index (χ1) is 12.7. The quantitative estimate of drug-likeness (QED) is 0.563. The third-order valence-corrected chi connectivity index (χ3v) is 6.65. The van der Waals surface area contributed by atoms with Gasteiger partial charge in [-0.2, -0.15) is 0 Å². The highest BCUT2D eigenvalue weighted by Gasteiger charge is 2.28. The van der Waals surface area contributed by atoms with Gasteiger partial charge >= 0.3 is 11.6 Å². The molecule has 0 amide bonds. The molecule has 8 nitrogen and oxygen atoms in total. The number of sulfone groups is 1. The first-order valence-corrected chi connectivity index (χ1v) is 10.3. The average molecular weight is 395 g/mol. The molecule has 1 aliphatic heterocycles. The molecule has 2 aromatic rings. The van der Waals surface area contributed by atoms with Crippen molar-refractivity contribution in [1.29, 1.82) is 0 Å². The number of benzene rings is 1. The zero-order valence-corrected chi connectivity index (χ0v) is 15.9. The number of nitrogens with one attached hydrogen (secondary N) is 1. The number of phenols is 1. The van der Waals surface area contributed by atoms with Crippen LogP contribution >= 0.6 is 0 Å². The minimum atomic E-state index is -3.03. The lowest BCUT2D eigenvalue weighted by Crippen LogP contribution is -2.29. The van der Waals surface area contributed by atoms with Gasteiger partial charge in [-0.25, -0.2) is 13.2 Å². The minimum absolute atomic E-state index is 0.0464. The predicted molar refractivity (Wildman–Crippen MR) is 98.5 cm³/mol.